The number of hydrogen-bond acceptors (Lipinski definition) is 4. The summed E-state index contributed by atoms with van der Waals surface area (Å²) in [6.45, 7) is 1.05. The van der Waals surface area contributed by atoms with Gasteiger partial charge in [-0.1, -0.05) is 48.5 Å². The van der Waals surface area contributed by atoms with Crippen molar-refractivity contribution in [3.05, 3.63) is 66.2 Å². The molecule has 5 heteroatoms. The van der Waals surface area contributed by atoms with Crippen LogP contribution >= 0.6 is 0 Å². The molecule has 1 heterocycles. The summed E-state index contributed by atoms with van der Waals surface area (Å²) in [6.07, 6.45) is 1.62. The molecule has 2 aromatic carbocycles. The molecule has 0 saturated carbocycles. The van der Waals surface area contributed by atoms with Gasteiger partial charge in [-0.25, -0.2) is 0 Å². The largest absolute Gasteiger partial charge is 0.390 e. The molecule has 1 aliphatic rings. The van der Waals surface area contributed by atoms with E-state index < -0.39 is 12.1 Å². The smallest absolute Gasteiger partial charge is 0.242 e. The van der Waals surface area contributed by atoms with Gasteiger partial charge in [0.2, 0.25) is 5.91 Å². The fraction of sp³-hybridized carbons (Fsp3) is 0.381. The minimum absolute atomic E-state index is 0.0442. The lowest BCUT2D eigenvalue weighted by Gasteiger charge is -2.27. The minimum Gasteiger partial charge on any atom is -0.390 e. The predicted molar refractivity (Wildman–Crippen MR) is 104 cm³/mol. The van der Waals surface area contributed by atoms with Crippen LogP contribution in [0.2, 0.25) is 0 Å². The molecule has 1 aliphatic heterocycles. The highest BCUT2D eigenvalue weighted by Gasteiger charge is 2.31. The van der Waals surface area contributed by atoms with Crippen LogP contribution in [0, 0.1) is 0 Å². The second kappa shape index (κ2) is 8.83. The lowest BCUT2D eigenvalue weighted by molar-refractivity contribution is -0.122. The van der Waals surface area contributed by atoms with E-state index in [4.69, 9.17) is 5.73 Å². The van der Waals surface area contributed by atoms with Crippen molar-refractivity contribution in [1.29, 1.82) is 0 Å². The quantitative estimate of drug-likeness (QED) is 0.708. The maximum Gasteiger partial charge on any atom is 0.242 e. The minimum atomic E-state index is -0.772. The van der Waals surface area contributed by atoms with Gasteiger partial charge in [0.15, 0.2) is 0 Å². The third-order valence-corrected chi connectivity index (χ3v) is 4.94. The van der Waals surface area contributed by atoms with Gasteiger partial charge in [-0.05, 0) is 37.0 Å². The van der Waals surface area contributed by atoms with Crippen LogP contribution in [0.25, 0.3) is 0 Å². The van der Waals surface area contributed by atoms with Gasteiger partial charge >= 0.3 is 0 Å². The number of carbonyl (C=O) groups is 1. The number of rotatable bonds is 7. The predicted octanol–water partition coefficient (Wildman–Crippen LogP) is 1.70. The first-order valence-electron chi connectivity index (χ1n) is 9.22. The summed E-state index contributed by atoms with van der Waals surface area (Å²) in [5, 5.41) is 13.2. The molecule has 0 aromatic heterocycles. The van der Waals surface area contributed by atoms with E-state index >= 15 is 0 Å². The number of carbonyl (C=O) groups excluding carboxylic acids is 1. The Morgan fingerprint density at radius 1 is 1.15 bits per heavy atom. The van der Waals surface area contributed by atoms with Gasteiger partial charge in [-0.15, -0.1) is 0 Å². The summed E-state index contributed by atoms with van der Waals surface area (Å²) >= 11 is 0. The lowest BCUT2D eigenvalue weighted by atomic mass is 10.0. The molecule has 3 atom stereocenters. The Morgan fingerprint density at radius 2 is 1.81 bits per heavy atom. The normalized spacial score (nSPS) is 19.2. The molecular weight excluding hydrogens is 326 g/mol. The summed E-state index contributed by atoms with van der Waals surface area (Å²) in [6, 6.07) is 19.2. The molecule has 26 heavy (non-hydrogen) atoms. The highest BCUT2D eigenvalue weighted by molar-refractivity contribution is 5.85. The zero-order chi connectivity index (χ0) is 18.4. The van der Waals surface area contributed by atoms with Crippen molar-refractivity contribution in [2.45, 2.75) is 37.5 Å². The van der Waals surface area contributed by atoms with Gasteiger partial charge in [-0.3, -0.25) is 4.79 Å². The Labute approximate surface area is 154 Å². The van der Waals surface area contributed by atoms with Gasteiger partial charge in [0.05, 0.1) is 6.10 Å². The van der Waals surface area contributed by atoms with Crippen molar-refractivity contribution in [2.75, 3.05) is 18.0 Å². The van der Waals surface area contributed by atoms with Gasteiger partial charge in [0.25, 0.3) is 0 Å². The van der Waals surface area contributed by atoms with Crippen molar-refractivity contribution in [3.63, 3.8) is 0 Å². The number of nitrogens with zero attached hydrogens (tertiary/aromatic N) is 1. The standard InChI is InChI=1S/C21H27N3O2/c22-18(14-16-8-3-1-4-9-16)20(25)15-23-21(26)19-12-7-13-24(19)17-10-5-2-6-11-17/h1-6,8-11,18-20,25H,7,12-15,22H2,(H,23,26)/t18-,19-,20+/m0/s1. The summed E-state index contributed by atoms with van der Waals surface area (Å²) in [5.41, 5.74) is 8.24. The highest BCUT2D eigenvalue weighted by atomic mass is 16.3. The first kappa shape index (κ1) is 18.4. The molecule has 0 aliphatic carbocycles. The van der Waals surface area contributed by atoms with Crippen LogP contribution in [0.5, 0.6) is 0 Å². The first-order valence-corrected chi connectivity index (χ1v) is 9.22. The van der Waals surface area contributed by atoms with Gasteiger partial charge in [0.1, 0.15) is 6.04 Å². The summed E-state index contributed by atoms with van der Waals surface area (Å²) in [5.74, 6) is -0.0442. The number of benzene rings is 2. The maximum absolute atomic E-state index is 12.6. The van der Waals surface area contributed by atoms with Crippen LogP contribution < -0.4 is 16.0 Å². The summed E-state index contributed by atoms with van der Waals surface area (Å²) < 4.78 is 0. The molecule has 0 spiro atoms. The number of nitrogens with one attached hydrogen (secondary N) is 1. The van der Waals surface area contributed by atoms with E-state index in [-0.39, 0.29) is 18.5 Å². The summed E-state index contributed by atoms with van der Waals surface area (Å²) in [7, 11) is 0. The van der Waals surface area contributed by atoms with Crippen molar-refractivity contribution < 1.29 is 9.90 Å². The number of hydrogen-bond donors (Lipinski definition) is 3. The van der Waals surface area contributed by atoms with Crippen molar-refractivity contribution in [1.82, 2.24) is 5.32 Å². The number of amides is 1. The Hall–Kier alpha value is -2.37. The van der Waals surface area contributed by atoms with Gasteiger partial charge in [0, 0.05) is 24.8 Å². The molecule has 0 unspecified atom stereocenters. The molecule has 1 saturated heterocycles. The summed E-state index contributed by atoms with van der Waals surface area (Å²) in [4.78, 5) is 14.7. The van der Waals surface area contributed by atoms with Crippen LogP contribution in [-0.2, 0) is 11.2 Å². The van der Waals surface area contributed by atoms with Crippen molar-refractivity contribution in [3.8, 4) is 0 Å². The monoisotopic (exact) mass is 353 g/mol. The van der Waals surface area contributed by atoms with Crippen LogP contribution in [0.3, 0.4) is 0 Å². The molecule has 4 N–H and O–H groups in total. The maximum atomic E-state index is 12.6. The second-order valence-electron chi connectivity index (χ2n) is 6.85. The van der Waals surface area contributed by atoms with E-state index in [1.54, 1.807) is 0 Å². The molecule has 0 radical (unpaired) electrons. The molecule has 3 rings (SSSR count). The average molecular weight is 353 g/mol. The van der Waals surface area contributed by atoms with E-state index in [2.05, 4.69) is 10.2 Å². The SMILES string of the molecule is N[C@@H](Cc1ccccc1)[C@H](O)CNC(=O)[C@@H]1CCCN1c1ccccc1. The highest BCUT2D eigenvalue weighted by Crippen LogP contribution is 2.25. The van der Waals surface area contributed by atoms with Crippen LogP contribution in [0.15, 0.2) is 60.7 Å². The van der Waals surface area contributed by atoms with Gasteiger partial charge in [-0.2, -0.15) is 0 Å². The van der Waals surface area contributed by atoms with Crippen LogP contribution in [0.1, 0.15) is 18.4 Å². The first-order chi connectivity index (χ1) is 12.6. The second-order valence-corrected chi connectivity index (χ2v) is 6.85. The molecule has 138 valence electrons. The fourth-order valence-corrected chi connectivity index (χ4v) is 3.46. The van der Waals surface area contributed by atoms with E-state index in [1.165, 1.54) is 0 Å². The molecule has 0 bridgehead atoms. The number of aliphatic hydroxyl groups is 1. The number of para-hydroxylation sites is 1. The Morgan fingerprint density at radius 3 is 2.50 bits per heavy atom. The zero-order valence-electron chi connectivity index (χ0n) is 14.9. The van der Waals surface area contributed by atoms with Crippen molar-refractivity contribution >= 4 is 11.6 Å². The Balaban J connectivity index is 1.51. The fourth-order valence-electron chi connectivity index (χ4n) is 3.46. The molecule has 2 aromatic rings. The number of nitrogens with two attached hydrogens (primary N) is 1. The lowest BCUT2D eigenvalue weighted by Crippen LogP contribution is -2.49. The third kappa shape index (κ3) is 4.62. The zero-order valence-corrected chi connectivity index (χ0v) is 14.9. The van der Waals surface area contributed by atoms with Gasteiger partial charge < -0.3 is 21.1 Å². The van der Waals surface area contributed by atoms with E-state index in [9.17, 15) is 9.90 Å². The average Bonchev–Trinajstić information content (AvgIpc) is 3.17. The third-order valence-electron chi connectivity index (χ3n) is 4.94. The van der Waals surface area contributed by atoms with E-state index in [1.807, 2.05) is 60.7 Å². The molecular formula is C21H27N3O2. The topological polar surface area (TPSA) is 78.6 Å². The van der Waals surface area contributed by atoms with E-state index in [0.717, 1.165) is 30.6 Å². The molecule has 1 fully saturated rings. The Kier molecular flexibility index (Phi) is 6.26. The molecule has 1 amide bonds. The number of anilines is 1. The van der Waals surface area contributed by atoms with E-state index in [0.29, 0.717) is 6.42 Å². The van der Waals surface area contributed by atoms with Crippen LogP contribution in [0.4, 0.5) is 5.69 Å². The van der Waals surface area contributed by atoms with Crippen LogP contribution in [-0.4, -0.2) is 42.3 Å². The van der Waals surface area contributed by atoms with Crippen molar-refractivity contribution in [2.24, 2.45) is 5.73 Å². The molecule has 5 nitrogen and oxygen atoms in total. The Bertz CT molecular complexity index is 693. The number of aliphatic hydroxyl groups excluding tert-OH is 1.